The largest absolute Gasteiger partial charge is 0.332 e. The molecule has 0 atom stereocenters. The van der Waals surface area contributed by atoms with Crippen LogP contribution in [0.25, 0.3) is 0 Å². The molecule has 7 heteroatoms. The zero-order valence-electron chi connectivity index (χ0n) is 7.88. The molecule has 82 valence electrons. The molecule has 16 heavy (non-hydrogen) atoms. The van der Waals surface area contributed by atoms with Crippen LogP contribution in [0.2, 0.25) is 0 Å². The van der Waals surface area contributed by atoms with Crippen LogP contribution in [0.3, 0.4) is 0 Å². The molecule has 2 aromatic rings. The molecule has 0 spiro atoms. The molecular formula is C9H6BrN3O2S. The van der Waals surface area contributed by atoms with Crippen LogP contribution in [0, 0.1) is 10.1 Å². The number of nitrogens with zero attached hydrogens (tertiary/aromatic N) is 2. The maximum absolute atomic E-state index is 10.4. The number of rotatable bonds is 3. The monoisotopic (exact) mass is 299 g/mol. The van der Waals surface area contributed by atoms with Gasteiger partial charge in [0.05, 0.1) is 14.9 Å². The van der Waals surface area contributed by atoms with Gasteiger partial charge >= 0.3 is 0 Å². The average Bonchev–Trinajstić information content (AvgIpc) is 2.65. The van der Waals surface area contributed by atoms with Crippen LogP contribution in [-0.4, -0.2) is 9.91 Å². The van der Waals surface area contributed by atoms with E-state index in [1.165, 1.54) is 23.5 Å². The number of hydrogen-bond donors (Lipinski definition) is 1. The lowest BCUT2D eigenvalue weighted by Crippen LogP contribution is -1.90. The molecule has 0 amide bonds. The van der Waals surface area contributed by atoms with Crippen molar-refractivity contribution in [2.24, 2.45) is 0 Å². The Labute approximate surface area is 103 Å². The molecule has 0 saturated carbocycles. The van der Waals surface area contributed by atoms with Gasteiger partial charge in [0.25, 0.3) is 5.69 Å². The molecule has 0 unspecified atom stereocenters. The van der Waals surface area contributed by atoms with Gasteiger partial charge < -0.3 is 5.32 Å². The number of benzene rings is 1. The van der Waals surface area contributed by atoms with Gasteiger partial charge in [-0.05, 0) is 28.1 Å². The number of halogens is 1. The second kappa shape index (κ2) is 4.58. The van der Waals surface area contributed by atoms with Crippen LogP contribution >= 0.6 is 27.3 Å². The summed E-state index contributed by atoms with van der Waals surface area (Å²) in [6.45, 7) is 0. The number of nitro groups is 1. The average molecular weight is 300 g/mol. The van der Waals surface area contributed by atoms with E-state index in [1.807, 2.05) is 0 Å². The van der Waals surface area contributed by atoms with E-state index < -0.39 is 4.92 Å². The fraction of sp³-hybridized carbons (Fsp3) is 0. The van der Waals surface area contributed by atoms with Crippen molar-refractivity contribution in [1.29, 1.82) is 0 Å². The number of anilines is 2. The van der Waals surface area contributed by atoms with Gasteiger partial charge in [-0.3, -0.25) is 10.1 Å². The van der Waals surface area contributed by atoms with Gasteiger partial charge in [0, 0.05) is 17.8 Å². The van der Waals surface area contributed by atoms with Gasteiger partial charge in [0.15, 0.2) is 5.13 Å². The van der Waals surface area contributed by atoms with Gasteiger partial charge in [-0.15, -0.1) is 0 Å². The Morgan fingerprint density at radius 1 is 1.38 bits per heavy atom. The lowest BCUT2D eigenvalue weighted by Gasteiger charge is -2.00. The smallest absolute Gasteiger partial charge is 0.269 e. The third kappa shape index (κ3) is 2.56. The number of non-ortho nitro benzene ring substituents is 1. The molecule has 0 radical (unpaired) electrons. The molecule has 1 N–H and O–H groups in total. The molecule has 1 heterocycles. The molecule has 0 fully saturated rings. The highest BCUT2D eigenvalue weighted by molar-refractivity contribution is 9.11. The molecule has 1 aromatic heterocycles. The normalized spacial score (nSPS) is 10.1. The highest BCUT2D eigenvalue weighted by Gasteiger charge is 2.05. The predicted octanol–water partition coefficient (Wildman–Crippen LogP) is 3.56. The Morgan fingerprint density at radius 2 is 2.06 bits per heavy atom. The summed E-state index contributed by atoms with van der Waals surface area (Å²) < 4.78 is 0.928. The maximum Gasteiger partial charge on any atom is 0.269 e. The van der Waals surface area contributed by atoms with Crippen LogP contribution in [0.5, 0.6) is 0 Å². The Hall–Kier alpha value is -1.47. The van der Waals surface area contributed by atoms with E-state index in [1.54, 1.807) is 18.3 Å². The molecule has 1 aromatic carbocycles. The molecule has 0 bridgehead atoms. The third-order valence-corrected chi connectivity index (χ3v) is 3.20. The topological polar surface area (TPSA) is 68.1 Å². The Balaban J connectivity index is 2.14. The van der Waals surface area contributed by atoms with Crippen LogP contribution < -0.4 is 5.32 Å². The van der Waals surface area contributed by atoms with Crippen LogP contribution in [0.1, 0.15) is 0 Å². The number of nitrogens with one attached hydrogen (secondary N) is 1. The first-order valence-corrected chi connectivity index (χ1v) is 5.89. The number of thiazole rings is 1. The van der Waals surface area contributed by atoms with Gasteiger partial charge in [-0.2, -0.15) is 0 Å². The fourth-order valence-electron chi connectivity index (χ4n) is 1.10. The molecule has 0 saturated heterocycles. The molecule has 2 rings (SSSR count). The van der Waals surface area contributed by atoms with Gasteiger partial charge in [-0.1, -0.05) is 11.3 Å². The van der Waals surface area contributed by atoms with E-state index in [2.05, 4.69) is 26.2 Å². The maximum atomic E-state index is 10.4. The summed E-state index contributed by atoms with van der Waals surface area (Å²) in [6, 6.07) is 6.19. The molecular weight excluding hydrogens is 294 g/mol. The minimum absolute atomic E-state index is 0.0749. The lowest BCUT2D eigenvalue weighted by atomic mass is 10.3. The standard InChI is InChI=1S/C9H6BrN3O2S/c10-8-5-11-9(16-8)12-6-1-3-7(4-2-6)13(14)15/h1-5H,(H,11,12). The van der Waals surface area contributed by atoms with Crippen molar-refractivity contribution in [2.45, 2.75) is 0 Å². The van der Waals surface area contributed by atoms with Crippen molar-refractivity contribution in [3.63, 3.8) is 0 Å². The molecule has 0 aliphatic rings. The number of nitro benzene ring substituents is 1. The highest BCUT2D eigenvalue weighted by Crippen LogP contribution is 2.26. The summed E-state index contributed by atoms with van der Waals surface area (Å²) in [6.07, 6.45) is 1.69. The van der Waals surface area contributed by atoms with Crippen molar-refractivity contribution in [3.8, 4) is 0 Å². The van der Waals surface area contributed by atoms with Gasteiger partial charge in [0.1, 0.15) is 0 Å². The fourth-order valence-corrected chi connectivity index (χ4v) is 2.23. The van der Waals surface area contributed by atoms with E-state index in [-0.39, 0.29) is 5.69 Å². The van der Waals surface area contributed by atoms with Crippen molar-refractivity contribution in [3.05, 3.63) is 44.4 Å². The summed E-state index contributed by atoms with van der Waals surface area (Å²) in [5.74, 6) is 0. The Kier molecular flexibility index (Phi) is 3.16. The summed E-state index contributed by atoms with van der Waals surface area (Å²) >= 11 is 4.76. The molecule has 5 nitrogen and oxygen atoms in total. The first-order valence-electron chi connectivity index (χ1n) is 4.28. The zero-order valence-corrected chi connectivity index (χ0v) is 10.3. The SMILES string of the molecule is O=[N+]([O-])c1ccc(Nc2ncc(Br)s2)cc1. The summed E-state index contributed by atoms with van der Waals surface area (Å²) in [5.41, 5.74) is 0.846. The predicted molar refractivity (Wildman–Crippen MR) is 66.2 cm³/mol. The minimum atomic E-state index is -0.427. The highest BCUT2D eigenvalue weighted by atomic mass is 79.9. The molecule has 0 aliphatic heterocycles. The second-order valence-corrected chi connectivity index (χ2v) is 5.31. The Bertz CT molecular complexity index is 512. The first kappa shape index (κ1) is 11.0. The summed E-state index contributed by atoms with van der Waals surface area (Å²) in [7, 11) is 0. The van der Waals surface area contributed by atoms with Crippen molar-refractivity contribution in [1.82, 2.24) is 4.98 Å². The second-order valence-electron chi connectivity index (χ2n) is 2.90. The van der Waals surface area contributed by atoms with Crippen molar-refractivity contribution in [2.75, 3.05) is 5.32 Å². The van der Waals surface area contributed by atoms with Crippen molar-refractivity contribution < 1.29 is 4.92 Å². The van der Waals surface area contributed by atoms with Crippen LogP contribution in [0.4, 0.5) is 16.5 Å². The van der Waals surface area contributed by atoms with Gasteiger partial charge in [0.2, 0.25) is 0 Å². The summed E-state index contributed by atoms with van der Waals surface area (Å²) in [4.78, 5) is 14.1. The van der Waals surface area contributed by atoms with Crippen LogP contribution in [0.15, 0.2) is 34.2 Å². The van der Waals surface area contributed by atoms with E-state index in [0.717, 1.165) is 14.6 Å². The van der Waals surface area contributed by atoms with E-state index in [4.69, 9.17) is 0 Å². The van der Waals surface area contributed by atoms with E-state index in [0.29, 0.717) is 0 Å². The molecule has 0 aliphatic carbocycles. The van der Waals surface area contributed by atoms with Crippen LogP contribution in [-0.2, 0) is 0 Å². The number of hydrogen-bond acceptors (Lipinski definition) is 5. The van der Waals surface area contributed by atoms with Gasteiger partial charge in [-0.25, -0.2) is 4.98 Å². The number of aromatic nitrogens is 1. The zero-order chi connectivity index (χ0) is 11.5. The minimum Gasteiger partial charge on any atom is -0.332 e. The van der Waals surface area contributed by atoms with Crippen molar-refractivity contribution >= 4 is 43.8 Å². The first-order chi connectivity index (χ1) is 7.65. The van der Waals surface area contributed by atoms with E-state index in [9.17, 15) is 10.1 Å². The Morgan fingerprint density at radius 3 is 2.56 bits per heavy atom. The van der Waals surface area contributed by atoms with E-state index >= 15 is 0 Å². The summed E-state index contributed by atoms with van der Waals surface area (Å²) in [5, 5.41) is 14.2. The quantitative estimate of drug-likeness (QED) is 0.695. The third-order valence-electron chi connectivity index (χ3n) is 1.81. The lowest BCUT2D eigenvalue weighted by molar-refractivity contribution is -0.384.